The molecule has 0 aliphatic carbocycles. The Morgan fingerprint density at radius 3 is 2.32 bits per heavy atom. The lowest BCUT2D eigenvalue weighted by Gasteiger charge is -2.28. The van der Waals surface area contributed by atoms with Gasteiger partial charge in [0.2, 0.25) is 6.41 Å². The first-order chi connectivity index (χ1) is 9.22. The maximum Gasteiger partial charge on any atom is 0.209 e. The van der Waals surface area contributed by atoms with Gasteiger partial charge in [-0.05, 0) is 37.3 Å². The summed E-state index contributed by atoms with van der Waals surface area (Å²) in [6, 6.07) is 8.84. The third-order valence-corrected chi connectivity index (χ3v) is 3.75. The topological polar surface area (TPSA) is 20.3 Å². The van der Waals surface area contributed by atoms with Gasteiger partial charge in [-0.15, -0.1) is 0 Å². The van der Waals surface area contributed by atoms with E-state index < -0.39 is 0 Å². The van der Waals surface area contributed by atoms with Gasteiger partial charge in [-0.25, -0.2) is 0 Å². The fourth-order valence-electron chi connectivity index (χ4n) is 2.60. The maximum absolute atomic E-state index is 11.3. The van der Waals surface area contributed by atoms with Crippen LogP contribution < -0.4 is 0 Å². The Hall–Kier alpha value is -1.31. The zero-order valence-electron chi connectivity index (χ0n) is 12.6. The van der Waals surface area contributed by atoms with Crippen LogP contribution in [0.5, 0.6) is 0 Å². The molecule has 106 valence electrons. The van der Waals surface area contributed by atoms with Crippen LogP contribution in [-0.2, 0) is 11.2 Å². The van der Waals surface area contributed by atoms with Gasteiger partial charge in [-0.1, -0.05) is 51.0 Å². The van der Waals surface area contributed by atoms with Gasteiger partial charge in [-0.3, -0.25) is 4.79 Å². The molecular formula is C17H27NO. The van der Waals surface area contributed by atoms with Crippen molar-refractivity contribution in [3.05, 3.63) is 35.4 Å². The zero-order chi connectivity index (χ0) is 14.1. The molecule has 2 nitrogen and oxygen atoms in total. The van der Waals surface area contributed by atoms with Gasteiger partial charge in [0.25, 0.3) is 0 Å². The molecule has 1 aromatic carbocycles. The first kappa shape index (κ1) is 15.7. The maximum atomic E-state index is 11.3. The standard InChI is InChI=1S/C17H27NO/c1-4-8-17(9-5-2)18(14-19)13-12-16-11-7-6-10-15(16)3/h6-7,10-11,14,17H,4-5,8-9,12-13H2,1-3H3. The van der Waals surface area contributed by atoms with Gasteiger partial charge in [0.15, 0.2) is 0 Å². The number of amides is 1. The summed E-state index contributed by atoms with van der Waals surface area (Å²) in [5, 5.41) is 0. The fraction of sp³-hybridized carbons (Fsp3) is 0.588. The van der Waals surface area contributed by atoms with Crippen molar-refractivity contribution >= 4 is 6.41 Å². The lowest BCUT2D eigenvalue weighted by atomic mass is 10.0. The molecule has 0 unspecified atom stereocenters. The number of hydrogen-bond acceptors (Lipinski definition) is 1. The van der Waals surface area contributed by atoms with Gasteiger partial charge in [0.05, 0.1) is 0 Å². The summed E-state index contributed by atoms with van der Waals surface area (Å²) < 4.78 is 0. The van der Waals surface area contributed by atoms with Crippen molar-refractivity contribution in [2.45, 2.75) is 58.9 Å². The van der Waals surface area contributed by atoms with Crippen LogP contribution in [0.2, 0.25) is 0 Å². The summed E-state index contributed by atoms with van der Waals surface area (Å²) in [6.07, 6.45) is 6.49. The molecular weight excluding hydrogens is 234 g/mol. The molecule has 1 rings (SSSR count). The van der Waals surface area contributed by atoms with Gasteiger partial charge in [0.1, 0.15) is 0 Å². The third kappa shape index (κ3) is 5.06. The number of aryl methyl sites for hydroxylation is 1. The SMILES string of the molecule is CCCC(CCC)N(C=O)CCc1ccccc1C. The van der Waals surface area contributed by atoms with Crippen molar-refractivity contribution < 1.29 is 4.79 Å². The first-order valence-corrected chi connectivity index (χ1v) is 7.48. The fourth-order valence-corrected chi connectivity index (χ4v) is 2.60. The van der Waals surface area contributed by atoms with Crippen LogP contribution in [0.3, 0.4) is 0 Å². The van der Waals surface area contributed by atoms with Gasteiger partial charge in [-0.2, -0.15) is 0 Å². The molecule has 0 saturated heterocycles. The zero-order valence-corrected chi connectivity index (χ0v) is 12.6. The van der Waals surface area contributed by atoms with Crippen LogP contribution >= 0.6 is 0 Å². The first-order valence-electron chi connectivity index (χ1n) is 7.48. The smallest absolute Gasteiger partial charge is 0.209 e. The molecule has 0 saturated carbocycles. The highest BCUT2D eigenvalue weighted by Crippen LogP contribution is 2.14. The molecule has 0 fully saturated rings. The summed E-state index contributed by atoms with van der Waals surface area (Å²) in [6.45, 7) is 7.34. The highest BCUT2D eigenvalue weighted by atomic mass is 16.1. The minimum Gasteiger partial charge on any atom is -0.342 e. The van der Waals surface area contributed by atoms with E-state index in [2.05, 4.69) is 45.0 Å². The highest BCUT2D eigenvalue weighted by Gasteiger charge is 2.15. The quantitative estimate of drug-likeness (QED) is 0.616. The molecule has 0 heterocycles. The predicted molar refractivity (Wildman–Crippen MR) is 81.3 cm³/mol. The van der Waals surface area contributed by atoms with Gasteiger partial charge < -0.3 is 4.90 Å². The molecule has 0 radical (unpaired) electrons. The van der Waals surface area contributed by atoms with Gasteiger partial charge in [0, 0.05) is 12.6 Å². The van der Waals surface area contributed by atoms with E-state index in [1.54, 1.807) is 0 Å². The molecule has 1 amide bonds. The summed E-state index contributed by atoms with van der Waals surface area (Å²) >= 11 is 0. The second-order valence-corrected chi connectivity index (χ2v) is 5.25. The van der Waals surface area contributed by atoms with E-state index in [9.17, 15) is 4.79 Å². The largest absolute Gasteiger partial charge is 0.342 e. The Balaban J connectivity index is 2.60. The Kier molecular flexibility index (Phi) is 7.24. The lowest BCUT2D eigenvalue weighted by Crippen LogP contribution is -2.35. The van der Waals surface area contributed by atoms with Crippen LogP contribution in [0.4, 0.5) is 0 Å². The van der Waals surface area contributed by atoms with E-state index >= 15 is 0 Å². The van der Waals surface area contributed by atoms with Crippen molar-refractivity contribution in [2.24, 2.45) is 0 Å². The molecule has 0 aliphatic heterocycles. The van der Waals surface area contributed by atoms with Crippen molar-refractivity contribution in [3.63, 3.8) is 0 Å². The van der Waals surface area contributed by atoms with Crippen molar-refractivity contribution in [1.82, 2.24) is 4.90 Å². The molecule has 0 bridgehead atoms. The number of hydrogen-bond donors (Lipinski definition) is 0. The van der Waals surface area contributed by atoms with Crippen LogP contribution in [0, 0.1) is 6.92 Å². The molecule has 0 N–H and O–H groups in total. The molecule has 2 heteroatoms. The van der Waals surface area contributed by atoms with E-state index in [0.717, 1.165) is 45.1 Å². The number of nitrogens with zero attached hydrogens (tertiary/aromatic N) is 1. The minimum atomic E-state index is 0.413. The second-order valence-electron chi connectivity index (χ2n) is 5.25. The van der Waals surface area contributed by atoms with E-state index in [0.29, 0.717) is 6.04 Å². The van der Waals surface area contributed by atoms with Crippen molar-refractivity contribution in [2.75, 3.05) is 6.54 Å². The number of carbonyl (C=O) groups is 1. The average Bonchev–Trinajstić information content (AvgIpc) is 2.42. The minimum absolute atomic E-state index is 0.413. The van der Waals surface area contributed by atoms with Crippen LogP contribution in [0.25, 0.3) is 0 Å². The van der Waals surface area contributed by atoms with Gasteiger partial charge >= 0.3 is 0 Å². The van der Waals surface area contributed by atoms with E-state index in [1.165, 1.54) is 11.1 Å². The second kappa shape index (κ2) is 8.73. The monoisotopic (exact) mass is 261 g/mol. The van der Waals surface area contributed by atoms with Crippen LogP contribution in [-0.4, -0.2) is 23.9 Å². The van der Waals surface area contributed by atoms with Crippen LogP contribution in [0.1, 0.15) is 50.7 Å². The summed E-state index contributed by atoms with van der Waals surface area (Å²) in [5.41, 5.74) is 2.66. The third-order valence-electron chi connectivity index (χ3n) is 3.75. The molecule has 19 heavy (non-hydrogen) atoms. The number of rotatable bonds is 9. The van der Waals surface area contributed by atoms with Crippen LogP contribution in [0.15, 0.2) is 24.3 Å². The van der Waals surface area contributed by atoms with E-state index in [4.69, 9.17) is 0 Å². The van der Waals surface area contributed by atoms with E-state index in [-0.39, 0.29) is 0 Å². The Bertz CT molecular complexity index is 369. The summed E-state index contributed by atoms with van der Waals surface area (Å²) in [4.78, 5) is 13.3. The normalized spacial score (nSPS) is 10.7. The highest BCUT2D eigenvalue weighted by molar-refractivity contribution is 5.48. The molecule has 0 aliphatic rings. The molecule has 0 atom stereocenters. The lowest BCUT2D eigenvalue weighted by molar-refractivity contribution is -0.120. The Morgan fingerprint density at radius 2 is 1.79 bits per heavy atom. The summed E-state index contributed by atoms with van der Waals surface area (Å²) in [7, 11) is 0. The Labute approximate surface area is 117 Å². The number of carbonyl (C=O) groups excluding carboxylic acids is 1. The van der Waals surface area contributed by atoms with Crippen molar-refractivity contribution in [3.8, 4) is 0 Å². The molecule has 0 aromatic heterocycles. The van der Waals surface area contributed by atoms with E-state index in [1.807, 2.05) is 4.90 Å². The average molecular weight is 261 g/mol. The van der Waals surface area contributed by atoms with Crippen molar-refractivity contribution in [1.29, 1.82) is 0 Å². The summed E-state index contributed by atoms with van der Waals surface area (Å²) in [5.74, 6) is 0. The molecule has 0 spiro atoms. The Morgan fingerprint density at radius 1 is 1.16 bits per heavy atom. The molecule has 1 aromatic rings. The number of benzene rings is 1. The predicted octanol–water partition coefficient (Wildman–Crippen LogP) is 3.96.